The van der Waals surface area contributed by atoms with Crippen LogP contribution in [0, 0.1) is 0 Å². The Labute approximate surface area is 152 Å². The van der Waals surface area contributed by atoms with E-state index in [1.807, 2.05) is 38.1 Å². The van der Waals surface area contributed by atoms with Crippen molar-refractivity contribution in [3.05, 3.63) is 29.8 Å². The molecule has 0 radical (unpaired) electrons. The Morgan fingerprint density at radius 2 is 2.04 bits per heavy atom. The maximum atomic E-state index is 11.9. The van der Waals surface area contributed by atoms with Crippen LogP contribution in [0.3, 0.4) is 0 Å². The number of rotatable bonds is 5. The maximum Gasteiger partial charge on any atom is 0.224 e. The molecule has 0 spiro atoms. The maximum absolute atomic E-state index is 11.9. The number of sulfone groups is 1. The van der Waals surface area contributed by atoms with Crippen LogP contribution in [0.25, 0.3) is 0 Å². The number of carbonyl (C=O) groups is 1. The number of anilines is 1. The van der Waals surface area contributed by atoms with Crippen LogP contribution in [-0.2, 0) is 21.1 Å². The topological polar surface area (TPSA) is 87.6 Å². The summed E-state index contributed by atoms with van der Waals surface area (Å²) in [4.78, 5) is 16.4. The van der Waals surface area contributed by atoms with Crippen molar-refractivity contribution >= 4 is 38.4 Å². The first-order valence-electron chi connectivity index (χ1n) is 8.45. The number of fused-ring (bicyclic) bond motifs is 1. The Morgan fingerprint density at radius 3 is 2.68 bits per heavy atom. The van der Waals surface area contributed by atoms with Gasteiger partial charge in [0.2, 0.25) is 5.91 Å². The molecule has 25 heavy (non-hydrogen) atoms. The van der Waals surface area contributed by atoms with Crippen molar-refractivity contribution in [2.75, 3.05) is 16.8 Å². The molecule has 3 rings (SSSR count). The van der Waals surface area contributed by atoms with Gasteiger partial charge < -0.3 is 10.6 Å². The monoisotopic (exact) mass is 381 g/mol. The van der Waals surface area contributed by atoms with Crippen molar-refractivity contribution in [3.63, 3.8) is 0 Å². The third-order valence-corrected chi connectivity index (χ3v) is 7.55. The van der Waals surface area contributed by atoms with Gasteiger partial charge in [-0.05, 0) is 31.0 Å². The lowest BCUT2D eigenvalue weighted by atomic mass is 10.1. The van der Waals surface area contributed by atoms with E-state index in [1.54, 1.807) is 0 Å². The van der Waals surface area contributed by atoms with Crippen LogP contribution in [0.5, 0.6) is 0 Å². The van der Waals surface area contributed by atoms with Crippen LogP contribution >= 0.6 is 11.8 Å². The molecule has 136 valence electrons. The number of hydrogen-bond donors (Lipinski definition) is 2. The molecule has 3 atom stereocenters. The fourth-order valence-electron chi connectivity index (χ4n) is 2.86. The summed E-state index contributed by atoms with van der Waals surface area (Å²) >= 11 is 1.50. The van der Waals surface area contributed by atoms with Gasteiger partial charge in [-0.2, -0.15) is 0 Å². The third kappa shape index (κ3) is 4.76. The second-order valence-corrected chi connectivity index (χ2v) is 9.99. The van der Waals surface area contributed by atoms with Gasteiger partial charge in [0.25, 0.3) is 0 Å². The number of amides is 1. The van der Waals surface area contributed by atoms with E-state index < -0.39 is 9.84 Å². The summed E-state index contributed by atoms with van der Waals surface area (Å²) in [6.45, 7) is 4.03. The van der Waals surface area contributed by atoms with Crippen molar-refractivity contribution in [1.29, 1.82) is 0 Å². The van der Waals surface area contributed by atoms with Gasteiger partial charge in [0.15, 0.2) is 15.0 Å². The normalized spacial score (nSPS) is 25.1. The average Bonchev–Trinajstić information content (AvgIpc) is 3.01. The smallest absolute Gasteiger partial charge is 0.224 e. The van der Waals surface area contributed by atoms with Crippen molar-refractivity contribution in [1.82, 2.24) is 5.32 Å². The summed E-state index contributed by atoms with van der Waals surface area (Å²) in [6.07, 6.45) is 1.28. The molecule has 0 bridgehead atoms. The molecule has 1 saturated heterocycles. The number of aliphatic imine (C=N–C) groups is 1. The summed E-state index contributed by atoms with van der Waals surface area (Å²) in [5, 5.41) is 7.00. The van der Waals surface area contributed by atoms with Crippen LogP contribution in [0.2, 0.25) is 0 Å². The quantitative estimate of drug-likeness (QED) is 0.812. The first-order valence-corrected chi connectivity index (χ1v) is 11.1. The first kappa shape index (κ1) is 18.3. The molecule has 1 aromatic rings. The fourth-order valence-corrected chi connectivity index (χ4v) is 6.53. The summed E-state index contributed by atoms with van der Waals surface area (Å²) < 4.78 is 23.2. The standard InChI is InChI=1S/C17H23N3O3S2/c1-3-11(2)18-16(21)8-12-4-6-13(7-5-12)19-17-20-14-9-25(22,23)10-15(14)24-17/h4-7,11,14-15H,3,8-10H2,1-2H3,(H,18,21)(H,19,20). The first-order chi connectivity index (χ1) is 11.8. The molecule has 2 heterocycles. The molecule has 2 aliphatic heterocycles. The van der Waals surface area contributed by atoms with E-state index in [2.05, 4.69) is 15.6 Å². The third-order valence-electron chi connectivity index (χ3n) is 4.41. The van der Waals surface area contributed by atoms with Gasteiger partial charge in [0.05, 0.1) is 24.0 Å². The van der Waals surface area contributed by atoms with Crippen LogP contribution in [0.4, 0.5) is 5.69 Å². The van der Waals surface area contributed by atoms with E-state index in [4.69, 9.17) is 0 Å². The van der Waals surface area contributed by atoms with E-state index >= 15 is 0 Å². The number of hydrogen-bond acceptors (Lipinski definition) is 6. The van der Waals surface area contributed by atoms with E-state index in [0.29, 0.717) is 6.42 Å². The van der Waals surface area contributed by atoms with Gasteiger partial charge in [-0.1, -0.05) is 30.8 Å². The van der Waals surface area contributed by atoms with Gasteiger partial charge in [-0.25, -0.2) is 8.42 Å². The summed E-state index contributed by atoms with van der Waals surface area (Å²) in [7, 11) is -2.92. The van der Waals surface area contributed by atoms with Crippen LogP contribution in [-0.4, -0.2) is 48.3 Å². The molecule has 2 N–H and O–H groups in total. The zero-order chi connectivity index (χ0) is 18.0. The number of benzene rings is 1. The molecule has 2 aliphatic rings. The molecule has 0 aliphatic carbocycles. The minimum atomic E-state index is -2.92. The van der Waals surface area contributed by atoms with Gasteiger partial charge in [-0.3, -0.25) is 9.79 Å². The van der Waals surface area contributed by atoms with Gasteiger partial charge in [0, 0.05) is 17.0 Å². The van der Waals surface area contributed by atoms with E-state index in [-0.39, 0.29) is 34.7 Å². The largest absolute Gasteiger partial charge is 0.353 e. The van der Waals surface area contributed by atoms with Crippen LogP contribution in [0.1, 0.15) is 25.8 Å². The van der Waals surface area contributed by atoms with E-state index in [9.17, 15) is 13.2 Å². The van der Waals surface area contributed by atoms with E-state index in [1.165, 1.54) is 11.8 Å². The molecular formula is C17H23N3O3S2. The molecule has 1 amide bonds. The predicted molar refractivity (Wildman–Crippen MR) is 103 cm³/mol. The number of nitrogens with zero attached hydrogens (tertiary/aromatic N) is 1. The molecule has 6 nitrogen and oxygen atoms in total. The molecule has 0 aromatic heterocycles. The van der Waals surface area contributed by atoms with Crippen molar-refractivity contribution in [2.45, 2.75) is 44.0 Å². The number of carbonyl (C=O) groups excluding carboxylic acids is 1. The Balaban J connectivity index is 1.54. The highest BCUT2D eigenvalue weighted by atomic mass is 32.2. The number of nitrogens with one attached hydrogen (secondary N) is 2. The number of amidine groups is 1. The molecule has 0 saturated carbocycles. The minimum absolute atomic E-state index is 0.0276. The number of thioether (sulfide) groups is 1. The Hall–Kier alpha value is -1.54. The van der Waals surface area contributed by atoms with Crippen molar-refractivity contribution < 1.29 is 13.2 Å². The summed E-state index contributed by atoms with van der Waals surface area (Å²) in [5.74, 6) is 0.390. The summed E-state index contributed by atoms with van der Waals surface area (Å²) in [6, 6.07) is 7.74. The molecular weight excluding hydrogens is 358 g/mol. The lowest BCUT2D eigenvalue weighted by molar-refractivity contribution is -0.121. The second kappa shape index (κ2) is 7.37. The highest BCUT2D eigenvalue weighted by molar-refractivity contribution is 8.15. The highest BCUT2D eigenvalue weighted by Crippen LogP contribution is 2.34. The van der Waals surface area contributed by atoms with Crippen LogP contribution < -0.4 is 10.6 Å². The Morgan fingerprint density at radius 1 is 1.32 bits per heavy atom. The Kier molecular flexibility index (Phi) is 5.38. The zero-order valence-corrected chi connectivity index (χ0v) is 16.0. The molecule has 1 aromatic carbocycles. The SMILES string of the molecule is CCC(C)NC(=O)Cc1ccc(NC2=NC3CS(=O)(=O)CC3S2)cc1. The minimum Gasteiger partial charge on any atom is -0.353 e. The fraction of sp³-hybridized carbons (Fsp3) is 0.529. The molecule has 3 unspecified atom stereocenters. The van der Waals surface area contributed by atoms with Gasteiger partial charge in [-0.15, -0.1) is 0 Å². The van der Waals surface area contributed by atoms with Crippen LogP contribution in [0.15, 0.2) is 29.3 Å². The van der Waals surface area contributed by atoms with Crippen molar-refractivity contribution in [3.8, 4) is 0 Å². The predicted octanol–water partition coefficient (Wildman–Crippen LogP) is 1.82. The van der Waals surface area contributed by atoms with Gasteiger partial charge in [0.1, 0.15) is 0 Å². The lowest BCUT2D eigenvalue weighted by Gasteiger charge is -2.11. The lowest BCUT2D eigenvalue weighted by Crippen LogP contribution is -2.33. The zero-order valence-electron chi connectivity index (χ0n) is 14.4. The Bertz CT molecular complexity index is 775. The highest BCUT2D eigenvalue weighted by Gasteiger charge is 2.42. The molecule has 1 fully saturated rings. The average molecular weight is 382 g/mol. The molecule has 8 heteroatoms. The summed E-state index contributed by atoms with van der Waals surface area (Å²) in [5.41, 5.74) is 1.84. The second-order valence-electron chi connectivity index (χ2n) is 6.61. The van der Waals surface area contributed by atoms with Gasteiger partial charge >= 0.3 is 0 Å². The van der Waals surface area contributed by atoms with Crippen molar-refractivity contribution in [2.24, 2.45) is 4.99 Å². The van der Waals surface area contributed by atoms with E-state index in [0.717, 1.165) is 22.8 Å².